The van der Waals surface area contributed by atoms with Crippen molar-refractivity contribution in [1.82, 2.24) is 15.3 Å². The van der Waals surface area contributed by atoms with Crippen molar-refractivity contribution in [3.8, 4) is 10.6 Å². The predicted molar refractivity (Wildman–Crippen MR) is 111 cm³/mol. The van der Waals surface area contributed by atoms with E-state index in [1.54, 1.807) is 11.6 Å². The van der Waals surface area contributed by atoms with Gasteiger partial charge >= 0.3 is 0 Å². The fourth-order valence-corrected chi connectivity index (χ4v) is 3.92. The van der Waals surface area contributed by atoms with Crippen LogP contribution < -0.4 is 10.2 Å². The molecule has 3 aromatic rings. The lowest BCUT2D eigenvalue weighted by molar-refractivity contribution is 0.0935. The van der Waals surface area contributed by atoms with Gasteiger partial charge in [-0.05, 0) is 24.6 Å². The number of benzene rings is 1. The predicted octanol–water partition coefficient (Wildman–Crippen LogP) is 3.53. The molecular weight excluding hydrogens is 372 g/mol. The molecule has 1 aliphatic heterocycles. The van der Waals surface area contributed by atoms with Gasteiger partial charge in [0.2, 0.25) is 0 Å². The Bertz CT molecular complexity index is 938. The molecule has 6 nitrogen and oxygen atoms in total. The summed E-state index contributed by atoms with van der Waals surface area (Å²) in [4.78, 5) is 23.8. The largest absolute Gasteiger partial charge is 0.378 e. The van der Waals surface area contributed by atoms with Crippen LogP contribution in [-0.4, -0.2) is 42.2 Å². The molecule has 1 atom stereocenters. The minimum Gasteiger partial charge on any atom is -0.378 e. The minimum atomic E-state index is -0.165. The van der Waals surface area contributed by atoms with Crippen LogP contribution >= 0.6 is 11.3 Å². The Morgan fingerprint density at radius 3 is 2.79 bits per heavy atom. The number of nitrogens with zero attached hydrogens (tertiary/aromatic N) is 3. The van der Waals surface area contributed by atoms with Crippen molar-refractivity contribution in [2.75, 3.05) is 31.2 Å². The maximum absolute atomic E-state index is 12.6. The molecule has 4 rings (SSSR count). The van der Waals surface area contributed by atoms with Crippen LogP contribution in [0.4, 0.5) is 5.82 Å². The van der Waals surface area contributed by atoms with Crippen LogP contribution in [0.3, 0.4) is 0 Å². The van der Waals surface area contributed by atoms with Crippen molar-refractivity contribution in [3.05, 3.63) is 65.3 Å². The number of thiazole rings is 1. The molecule has 1 aliphatic rings. The Morgan fingerprint density at radius 1 is 1.21 bits per heavy atom. The molecule has 0 radical (unpaired) electrons. The van der Waals surface area contributed by atoms with E-state index in [4.69, 9.17) is 4.74 Å². The summed E-state index contributed by atoms with van der Waals surface area (Å²) in [6.07, 6.45) is 1.79. The number of carbonyl (C=O) groups excluding carboxylic acids is 1. The number of hydrogen-bond donors (Lipinski definition) is 1. The normalized spacial score (nSPS) is 15.2. The Morgan fingerprint density at radius 2 is 2.00 bits per heavy atom. The van der Waals surface area contributed by atoms with Gasteiger partial charge in [-0.2, -0.15) is 0 Å². The fourth-order valence-electron chi connectivity index (χ4n) is 3.12. The quantitative estimate of drug-likeness (QED) is 0.717. The van der Waals surface area contributed by atoms with Gasteiger partial charge in [-0.1, -0.05) is 30.3 Å². The maximum Gasteiger partial charge on any atom is 0.271 e. The number of anilines is 1. The third-order valence-corrected chi connectivity index (χ3v) is 5.60. The third-order valence-electron chi connectivity index (χ3n) is 4.71. The molecule has 0 aliphatic carbocycles. The minimum absolute atomic E-state index is 0.0762. The van der Waals surface area contributed by atoms with Crippen LogP contribution in [0.1, 0.15) is 29.0 Å². The van der Waals surface area contributed by atoms with E-state index in [2.05, 4.69) is 20.2 Å². The highest BCUT2D eigenvalue weighted by atomic mass is 32.1. The molecule has 28 heavy (non-hydrogen) atoms. The monoisotopic (exact) mass is 394 g/mol. The summed E-state index contributed by atoms with van der Waals surface area (Å²) in [5, 5.41) is 5.63. The van der Waals surface area contributed by atoms with Crippen LogP contribution in [0.25, 0.3) is 10.6 Å². The van der Waals surface area contributed by atoms with E-state index in [-0.39, 0.29) is 11.9 Å². The summed E-state index contributed by atoms with van der Waals surface area (Å²) < 4.78 is 5.41. The van der Waals surface area contributed by atoms with Crippen molar-refractivity contribution in [2.45, 2.75) is 13.0 Å². The van der Waals surface area contributed by atoms with Gasteiger partial charge < -0.3 is 15.0 Å². The van der Waals surface area contributed by atoms with Gasteiger partial charge in [-0.15, -0.1) is 11.3 Å². The first-order valence-corrected chi connectivity index (χ1v) is 10.2. The SMILES string of the molecule is C[C@@H](NC(=O)c1csc(-c2ccnc(N3CCOCC3)c2)n1)c1ccccc1. The Kier molecular flexibility index (Phi) is 5.64. The summed E-state index contributed by atoms with van der Waals surface area (Å²) in [5.41, 5.74) is 2.47. The first-order chi connectivity index (χ1) is 13.7. The molecule has 1 amide bonds. The highest BCUT2D eigenvalue weighted by Gasteiger charge is 2.17. The van der Waals surface area contributed by atoms with E-state index in [1.165, 1.54) is 11.3 Å². The van der Waals surface area contributed by atoms with Gasteiger partial charge in [-0.25, -0.2) is 9.97 Å². The molecule has 2 aromatic heterocycles. The molecule has 1 fully saturated rings. The number of aromatic nitrogens is 2. The first kappa shape index (κ1) is 18.6. The third kappa shape index (κ3) is 4.21. The zero-order valence-corrected chi connectivity index (χ0v) is 16.5. The fraction of sp³-hybridized carbons (Fsp3) is 0.286. The van der Waals surface area contributed by atoms with E-state index < -0.39 is 0 Å². The zero-order valence-electron chi connectivity index (χ0n) is 15.7. The van der Waals surface area contributed by atoms with Crippen molar-refractivity contribution < 1.29 is 9.53 Å². The Hall–Kier alpha value is -2.77. The number of ether oxygens (including phenoxy) is 1. The molecule has 1 N–H and O–H groups in total. The Labute approximate surface area is 168 Å². The first-order valence-electron chi connectivity index (χ1n) is 9.31. The van der Waals surface area contributed by atoms with E-state index in [9.17, 15) is 4.79 Å². The number of nitrogens with one attached hydrogen (secondary N) is 1. The molecule has 1 aromatic carbocycles. The molecule has 144 valence electrons. The van der Waals surface area contributed by atoms with E-state index in [0.29, 0.717) is 18.9 Å². The van der Waals surface area contributed by atoms with Gasteiger partial charge in [0.1, 0.15) is 16.5 Å². The van der Waals surface area contributed by atoms with Crippen molar-refractivity contribution in [2.24, 2.45) is 0 Å². The average Bonchev–Trinajstić information content (AvgIpc) is 3.26. The van der Waals surface area contributed by atoms with Gasteiger partial charge in [0.05, 0.1) is 19.3 Å². The summed E-state index contributed by atoms with van der Waals surface area (Å²) in [6.45, 7) is 5.07. The second kappa shape index (κ2) is 8.50. The van der Waals surface area contributed by atoms with Crippen LogP contribution in [0.2, 0.25) is 0 Å². The van der Waals surface area contributed by atoms with Gasteiger partial charge in [0.15, 0.2) is 0 Å². The smallest absolute Gasteiger partial charge is 0.271 e. The Balaban J connectivity index is 1.47. The van der Waals surface area contributed by atoms with E-state index in [0.717, 1.165) is 35.0 Å². The highest BCUT2D eigenvalue weighted by molar-refractivity contribution is 7.13. The molecule has 0 spiro atoms. The maximum atomic E-state index is 12.6. The molecule has 0 bridgehead atoms. The van der Waals surface area contributed by atoms with Gasteiger partial charge in [-0.3, -0.25) is 4.79 Å². The lowest BCUT2D eigenvalue weighted by atomic mass is 10.1. The standard InChI is InChI=1S/C21H22N4O2S/c1-15(16-5-3-2-4-6-16)23-20(26)18-14-28-21(24-18)17-7-8-22-19(13-17)25-9-11-27-12-10-25/h2-8,13-15H,9-12H2,1H3,(H,23,26)/t15-/m1/s1. The van der Waals surface area contributed by atoms with Crippen molar-refractivity contribution in [1.29, 1.82) is 0 Å². The van der Waals surface area contributed by atoms with Crippen molar-refractivity contribution >= 4 is 23.1 Å². The van der Waals surface area contributed by atoms with Crippen LogP contribution in [0, 0.1) is 0 Å². The number of hydrogen-bond acceptors (Lipinski definition) is 6. The topological polar surface area (TPSA) is 67.4 Å². The molecule has 3 heterocycles. The lowest BCUT2D eigenvalue weighted by Crippen LogP contribution is -2.36. The number of carbonyl (C=O) groups is 1. The number of rotatable bonds is 5. The van der Waals surface area contributed by atoms with Crippen LogP contribution in [0.15, 0.2) is 54.0 Å². The molecule has 7 heteroatoms. The zero-order chi connectivity index (χ0) is 19.3. The lowest BCUT2D eigenvalue weighted by Gasteiger charge is -2.27. The average molecular weight is 395 g/mol. The molecule has 0 unspecified atom stereocenters. The van der Waals surface area contributed by atoms with Gasteiger partial charge in [0, 0.05) is 30.2 Å². The number of pyridine rings is 1. The van der Waals surface area contributed by atoms with E-state index >= 15 is 0 Å². The number of amides is 1. The summed E-state index contributed by atoms with van der Waals surface area (Å²) in [6, 6.07) is 13.8. The molecular formula is C21H22N4O2S. The summed E-state index contributed by atoms with van der Waals surface area (Å²) in [5.74, 6) is 0.751. The van der Waals surface area contributed by atoms with E-state index in [1.807, 2.05) is 49.4 Å². The second-order valence-electron chi connectivity index (χ2n) is 6.65. The van der Waals surface area contributed by atoms with Crippen LogP contribution in [0.5, 0.6) is 0 Å². The second-order valence-corrected chi connectivity index (χ2v) is 7.50. The molecule has 1 saturated heterocycles. The number of morpholine rings is 1. The highest BCUT2D eigenvalue weighted by Crippen LogP contribution is 2.27. The summed E-state index contributed by atoms with van der Waals surface area (Å²) >= 11 is 1.47. The molecule has 0 saturated carbocycles. The summed E-state index contributed by atoms with van der Waals surface area (Å²) in [7, 11) is 0. The van der Waals surface area contributed by atoms with Crippen LogP contribution in [-0.2, 0) is 4.74 Å². The van der Waals surface area contributed by atoms with Crippen molar-refractivity contribution in [3.63, 3.8) is 0 Å². The van der Waals surface area contributed by atoms with Gasteiger partial charge in [0.25, 0.3) is 5.91 Å².